The molecule has 2 heterocycles. The van der Waals surface area contributed by atoms with Crippen LogP contribution >= 0.6 is 23.2 Å². The van der Waals surface area contributed by atoms with Crippen molar-refractivity contribution >= 4 is 45.7 Å². The highest BCUT2D eigenvalue weighted by atomic mass is 35.5. The highest BCUT2D eigenvalue weighted by Crippen LogP contribution is 2.25. The Morgan fingerprint density at radius 1 is 1.22 bits per heavy atom. The average Bonchev–Trinajstić information content (AvgIpc) is 3.11. The van der Waals surface area contributed by atoms with Crippen molar-refractivity contribution < 1.29 is 9.53 Å². The van der Waals surface area contributed by atoms with Gasteiger partial charge in [-0.15, -0.1) is 0 Å². The highest BCUT2D eigenvalue weighted by Gasteiger charge is 2.16. The monoisotopic (exact) mass is 403 g/mol. The fourth-order valence-corrected chi connectivity index (χ4v) is 3.53. The van der Waals surface area contributed by atoms with E-state index >= 15 is 0 Å². The maximum absolute atomic E-state index is 12.6. The van der Waals surface area contributed by atoms with Crippen LogP contribution in [-0.2, 0) is 17.8 Å². The van der Waals surface area contributed by atoms with Crippen LogP contribution in [0.2, 0.25) is 10.0 Å². The molecular formula is C19H15Cl2N3O3. The molecule has 0 aliphatic carbocycles. The van der Waals surface area contributed by atoms with E-state index in [4.69, 9.17) is 27.9 Å². The molecule has 0 radical (unpaired) electrons. The molecule has 138 valence electrons. The minimum absolute atomic E-state index is 0.0738. The van der Waals surface area contributed by atoms with Gasteiger partial charge >= 0.3 is 0 Å². The number of anilines is 1. The number of nitrogens with zero attached hydrogens (tertiary/aromatic N) is 2. The summed E-state index contributed by atoms with van der Waals surface area (Å²) in [5.74, 6) is 0.876. The number of ether oxygens (including phenoxy) is 1. The van der Waals surface area contributed by atoms with Crippen LogP contribution in [0.15, 0.2) is 41.2 Å². The van der Waals surface area contributed by atoms with Gasteiger partial charge in [0.05, 0.1) is 21.6 Å². The summed E-state index contributed by atoms with van der Waals surface area (Å²) in [5, 5.41) is 3.97. The van der Waals surface area contributed by atoms with E-state index in [1.807, 2.05) is 0 Å². The summed E-state index contributed by atoms with van der Waals surface area (Å²) in [6, 6.07) is 9.85. The van der Waals surface area contributed by atoms with Gasteiger partial charge in [-0.2, -0.15) is 0 Å². The standard InChI is InChI=1S/C19H15Cl2N3O3/c20-11-3-5-16(14(21)8-11)23-18(25)10-27-12-4-6-15-13(9-12)19(26)24-7-1-2-17(24)22-15/h3-6,8-9H,1-2,7,10H2,(H,23,25). The molecule has 1 amide bonds. The highest BCUT2D eigenvalue weighted by molar-refractivity contribution is 6.36. The zero-order valence-electron chi connectivity index (χ0n) is 14.2. The van der Waals surface area contributed by atoms with Gasteiger partial charge in [-0.3, -0.25) is 14.2 Å². The van der Waals surface area contributed by atoms with E-state index in [-0.39, 0.29) is 18.1 Å². The second-order valence-corrected chi connectivity index (χ2v) is 7.07. The number of amides is 1. The topological polar surface area (TPSA) is 73.2 Å². The predicted octanol–water partition coefficient (Wildman–Crippen LogP) is 3.67. The molecule has 0 unspecified atom stereocenters. The van der Waals surface area contributed by atoms with E-state index in [1.54, 1.807) is 41.0 Å². The van der Waals surface area contributed by atoms with Crippen molar-refractivity contribution in [1.82, 2.24) is 9.55 Å². The number of benzene rings is 2. The van der Waals surface area contributed by atoms with Gasteiger partial charge in [0.2, 0.25) is 0 Å². The molecule has 6 nitrogen and oxygen atoms in total. The first kappa shape index (κ1) is 17.8. The van der Waals surface area contributed by atoms with Gasteiger partial charge in [0.15, 0.2) is 6.61 Å². The van der Waals surface area contributed by atoms with E-state index in [1.165, 1.54) is 0 Å². The smallest absolute Gasteiger partial charge is 0.262 e. The minimum atomic E-state index is -0.372. The molecule has 0 saturated carbocycles. The summed E-state index contributed by atoms with van der Waals surface area (Å²) < 4.78 is 7.22. The lowest BCUT2D eigenvalue weighted by molar-refractivity contribution is -0.118. The first-order valence-corrected chi connectivity index (χ1v) is 9.18. The number of halogens is 2. The fraction of sp³-hybridized carbons (Fsp3) is 0.211. The number of aryl methyl sites for hydroxylation is 1. The Morgan fingerprint density at radius 2 is 2.07 bits per heavy atom. The third-order valence-electron chi connectivity index (χ3n) is 4.36. The molecule has 1 aliphatic rings. The predicted molar refractivity (Wildman–Crippen MR) is 105 cm³/mol. The first-order chi connectivity index (χ1) is 13.0. The van der Waals surface area contributed by atoms with E-state index in [2.05, 4.69) is 10.3 Å². The quantitative estimate of drug-likeness (QED) is 0.720. The fourth-order valence-electron chi connectivity index (χ4n) is 3.08. The Hall–Kier alpha value is -2.57. The van der Waals surface area contributed by atoms with E-state index < -0.39 is 0 Å². The van der Waals surface area contributed by atoms with Gasteiger partial charge < -0.3 is 10.1 Å². The second-order valence-electron chi connectivity index (χ2n) is 6.23. The average molecular weight is 404 g/mol. The van der Waals surface area contributed by atoms with Crippen LogP contribution in [0.1, 0.15) is 12.2 Å². The molecule has 0 saturated heterocycles. The largest absolute Gasteiger partial charge is 0.484 e. The lowest BCUT2D eigenvalue weighted by Gasteiger charge is -2.10. The number of rotatable bonds is 4. The van der Waals surface area contributed by atoms with Crippen molar-refractivity contribution in [3.8, 4) is 5.75 Å². The number of hydrogen-bond donors (Lipinski definition) is 1. The summed E-state index contributed by atoms with van der Waals surface area (Å²) in [7, 11) is 0. The number of aromatic nitrogens is 2. The maximum Gasteiger partial charge on any atom is 0.262 e. The molecule has 8 heteroatoms. The van der Waals surface area contributed by atoms with E-state index in [9.17, 15) is 9.59 Å². The van der Waals surface area contributed by atoms with Crippen LogP contribution in [0, 0.1) is 0 Å². The van der Waals surface area contributed by atoms with E-state index in [0.717, 1.165) is 18.7 Å². The van der Waals surface area contributed by atoms with Crippen molar-refractivity contribution in [2.24, 2.45) is 0 Å². The normalized spacial score (nSPS) is 12.8. The van der Waals surface area contributed by atoms with Crippen molar-refractivity contribution in [1.29, 1.82) is 0 Å². The molecule has 2 aromatic carbocycles. The maximum atomic E-state index is 12.6. The molecule has 1 N–H and O–H groups in total. The lowest BCUT2D eigenvalue weighted by atomic mass is 10.2. The number of nitrogens with one attached hydrogen (secondary N) is 1. The molecule has 0 bridgehead atoms. The zero-order chi connectivity index (χ0) is 19.0. The van der Waals surface area contributed by atoms with Gasteiger partial charge in [-0.1, -0.05) is 23.2 Å². The summed E-state index contributed by atoms with van der Waals surface area (Å²) in [5.41, 5.74) is 1.01. The molecule has 3 aromatic rings. The molecule has 0 spiro atoms. The summed E-state index contributed by atoms with van der Waals surface area (Å²) in [6.45, 7) is 0.469. The van der Waals surface area contributed by atoms with Gasteiger partial charge in [-0.05, 0) is 42.8 Å². The number of hydrogen-bond acceptors (Lipinski definition) is 4. The molecule has 27 heavy (non-hydrogen) atoms. The third-order valence-corrected chi connectivity index (χ3v) is 4.91. The second kappa shape index (κ2) is 7.21. The molecular weight excluding hydrogens is 389 g/mol. The molecule has 1 aromatic heterocycles. The third kappa shape index (κ3) is 3.63. The zero-order valence-corrected chi connectivity index (χ0v) is 15.7. The van der Waals surface area contributed by atoms with Gasteiger partial charge in [0.1, 0.15) is 11.6 Å². The Balaban J connectivity index is 1.49. The van der Waals surface area contributed by atoms with Crippen molar-refractivity contribution in [2.75, 3.05) is 11.9 Å². The Morgan fingerprint density at radius 3 is 2.89 bits per heavy atom. The SMILES string of the molecule is O=C(COc1ccc2nc3n(c(=O)c2c1)CCC3)Nc1ccc(Cl)cc1Cl. The van der Waals surface area contributed by atoms with Crippen LogP contribution in [-0.4, -0.2) is 22.1 Å². The van der Waals surface area contributed by atoms with E-state index in [0.29, 0.717) is 38.9 Å². The van der Waals surface area contributed by atoms with Crippen LogP contribution in [0.25, 0.3) is 10.9 Å². The summed E-state index contributed by atoms with van der Waals surface area (Å²) >= 11 is 11.9. The summed E-state index contributed by atoms with van der Waals surface area (Å²) in [4.78, 5) is 29.2. The van der Waals surface area contributed by atoms with Gasteiger partial charge in [-0.25, -0.2) is 4.98 Å². The van der Waals surface area contributed by atoms with Crippen molar-refractivity contribution in [3.63, 3.8) is 0 Å². The van der Waals surface area contributed by atoms with Gasteiger partial charge in [0, 0.05) is 18.0 Å². The number of fused-ring (bicyclic) bond motifs is 2. The van der Waals surface area contributed by atoms with Gasteiger partial charge in [0.25, 0.3) is 11.5 Å². The molecule has 0 atom stereocenters. The van der Waals surface area contributed by atoms with Crippen LogP contribution in [0.4, 0.5) is 5.69 Å². The lowest BCUT2D eigenvalue weighted by Crippen LogP contribution is -2.22. The van der Waals surface area contributed by atoms with Crippen molar-refractivity contribution in [3.05, 3.63) is 62.6 Å². The van der Waals surface area contributed by atoms with Crippen LogP contribution < -0.4 is 15.6 Å². The molecule has 0 fully saturated rings. The molecule has 4 rings (SSSR count). The Bertz CT molecular complexity index is 1110. The van der Waals surface area contributed by atoms with Crippen molar-refractivity contribution in [2.45, 2.75) is 19.4 Å². The Labute approximate surface area is 164 Å². The number of carbonyl (C=O) groups is 1. The van der Waals surface area contributed by atoms with Crippen LogP contribution in [0.5, 0.6) is 5.75 Å². The minimum Gasteiger partial charge on any atom is -0.484 e. The van der Waals surface area contributed by atoms with Crippen LogP contribution in [0.3, 0.4) is 0 Å². The summed E-state index contributed by atoms with van der Waals surface area (Å²) in [6.07, 6.45) is 1.74. The number of carbonyl (C=O) groups excluding carboxylic acids is 1. The molecule has 1 aliphatic heterocycles. The first-order valence-electron chi connectivity index (χ1n) is 8.42. The Kier molecular flexibility index (Phi) is 4.76.